The van der Waals surface area contributed by atoms with Gasteiger partial charge in [0.15, 0.2) is 0 Å². The Kier molecular flexibility index (Phi) is 9.14. The van der Waals surface area contributed by atoms with Crippen molar-refractivity contribution in [2.45, 2.75) is 51.6 Å². The maximum Gasteiger partial charge on any atom is 0.318 e. The highest BCUT2D eigenvalue weighted by Gasteiger charge is 2.34. The van der Waals surface area contributed by atoms with Crippen LogP contribution in [0, 0.1) is 17.6 Å². The van der Waals surface area contributed by atoms with E-state index in [4.69, 9.17) is 0 Å². The summed E-state index contributed by atoms with van der Waals surface area (Å²) in [7, 11) is 0. The van der Waals surface area contributed by atoms with Crippen LogP contribution in [0.15, 0.2) is 48.5 Å². The molecule has 200 valence electrons. The Labute approximate surface area is 218 Å². The zero-order valence-corrected chi connectivity index (χ0v) is 21.8. The number of rotatable bonds is 6. The third-order valence-corrected chi connectivity index (χ3v) is 7.47. The topological polar surface area (TPSA) is 55.9 Å². The maximum absolute atomic E-state index is 13.6. The van der Waals surface area contributed by atoms with Gasteiger partial charge in [-0.25, -0.2) is 13.6 Å². The minimum absolute atomic E-state index is 0.0346. The number of carbonyl (C=O) groups excluding carboxylic acids is 2. The fourth-order valence-corrected chi connectivity index (χ4v) is 5.31. The first-order chi connectivity index (χ1) is 17.8. The summed E-state index contributed by atoms with van der Waals surface area (Å²) in [5.41, 5.74) is 1.83. The van der Waals surface area contributed by atoms with Gasteiger partial charge in [-0.05, 0) is 54.2 Å². The number of nitrogens with one attached hydrogen (secondary N) is 1. The van der Waals surface area contributed by atoms with Crippen LogP contribution >= 0.6 is 0 Å². The number of carbonyl (C=O) groups is 2. The van der Waals surface area contributed by atoms with Crippen molar-refractivity contribution in [1.82, 2.24) is 20.0 Å². The molecular formula is C29H38F2N4O2. The number of hydrogen-bond acceptors (Lipinski definition) is 3. The largest absolute Gasteiger partial charge is 0.338 e. The van der Waals surface area contributed by atoms with Crippen LogP contribution in [0.2, 0.25) is 0 Å². The SMILES string of the molecule is CC(C)[C@H](NC(=O)N1CCCCCC1)C(=O)N1CCN(C(c2ccc(F)cc2)c2ccc(F)cc2)CC1. The minimum atomic E-state index is -0.577. The van der Waals surface area contributed by atoms with E-state index >= 15 is 0 Å². The molecule has 0 aliphatic carbocycles. The lowest BCUT2D eigenvalue weighted by Gasteiger charge is -2.41. The minimum Gasteiger partial charge on any atom is -0.338 e. The second-order valence-corrected chi connectivity index (χ2v) is 10.4. The first-order valence-electron chi connectivity index (χ1n) is 13.4. The smallest absolute Gasteiger partial charge is 0.318 e. The van der Waals surface area contributed by atoms with E-state index in [2.05, 4.69) is 10.2 Å². The molecule has 0 radical (unpaired) electrons. The van der Waals surface area contributed by atoms with Crippen LogP contribution < -0.4 is 5.32 Å². The zero-order chi connectivity index (χ0) is 26.4. The Morgan fingerprint density at radius 2 is 1.19 bits per heavy atom. The number of hydrogen-bond donors (Lipinski definition) is 1. The first kappa shape index (κ1) is 27.0. The first-order valence-corrected chi connectivity index (χ1v) is 13.4. The van der Waals surface area contributed by atoms with Crippen LogP contribution in [0.4, 0.5) is 13.6 Å². The van der Waals surface area contributed by atoms with Crippen LogP contribution in [0.5, 0.6) is 0 Å². The molecule has 6 nitrogen and oxygen atoms in total. The predicted octanol–water partition coefficient (Wildman–Crippen LogP) is 4.81. The Morgan fingerprint density at radius 3 is 1.65 bits per heavy atom. The predicted molar refractivity (Wildman–Crippen MR) is 140 cm³/mol. The van der Waals surface area contributed by atoms with Gasteiger partial charge in [-0.3, -0.25) is 9.69 Å². The van der Waals surface area contributed by atoms with Crippen molar-refractivity contribution in [2.24, 2.45) is 5.92 Å². The van der Waals surface area contributed by atoms with Gasteiger partial charge in [0.1, 0.15) is 17.7 Å². The fraction of sp³-hybridized carbons (Fsp3) is 0.517. The molecule has 1 N–H and O–H groups in total. The monoisotopic (exact) mass is 512 g/mol. The Bertz CT molecular complexity index is 983. The van der Waals surface area contributed by atoms with E-state index in [-0.39, 0.29) is 35.5 Å². The summed E-state index contributed by atoms with van der Waals surface area (Å²) >= 11 is 0. The fourth-order valence-electron chi connectivity index (χ4n) is 5.31. The molecule has 2 fully saturated rings. The molecular weight excluding hydrogens is 474 g/mol. The van der Waals surface area contributed by atoms with E-state index < -0.39 is 6.04 Å². The van der Waals surface area contributed by atoms with Crippen molar-refractivity contribution in [3.8, 4) is 0 Å². The van der Waals surface area contributed by atoms with E-state index in [1.165, 1.54) is 24.3 Å². The number of urea groups is 1. The van der Waals surface area contributed by atoms with Crippen LogP contribution in [0.1, 0.15) is 56.7 Å². The normalized spacial score (nSPS) is 18.1. The van der Waals surface area contributed by atoms with Crippen LogP contribution in [0.3, 0.4) is 0 Å². The average molecular weight is 513 g/mol. The standard InChI is InChI=1S/C29H38F2N4O2/c1-21(2)26(32-29(37)35-15-5-3-4-6-16-35)28(36)34-19-17-33(18-20-34)27(22-7-11-24(30)12-8-22)23-9-13-25(31)14-10-23/h7-14,21,26-27H,3-6,15-20H2,1-2H3,(H,32,37)/t26-/m0/s1. The highest BCUT2D eigenvalue weighted by molar-refractivity contribution is 5.87. The lowest BCUT2D eigenvalue weighted by Crippen LogP contribution is -2.58. The van der Waals surface area contributed by atoms with Crippen LogP contribution in [0.25, 0.3) is 0 Å². The number of likely N-dealkylation sites (tertiary alicyclic amines) is 1. The molecule has 2 saturated heterocycles. The second-order valence-electron chi connectivity index (χ2n) is 10.4. The summed E-state index contributed by atoms with van der Waals surface area (Å²) in [4.78, 5) is 32.4. The Balaban J connectivity index is 1.43. The van der Waals surface area contributed by atoms with Gasteiger partial charge in [-0.1, -0.05) is 51.0 Å². The molecule has 2 aliphatic rings. The van der Waals surface area contributed by atoms with Gasteiger partial charge in [0.25, 0.3) is 0 Å². The van der Waals surface area contributed by atoms with E-state index in [9.17, 15) is 18.4 Å². The third-order valence-electron chi connectivity index (χ3n) is 7.47. The molecule has 0 spiro atoms. The molecule has 3 amide bonds. The van der Waals surface area contributed by atoms with E-state index in [0.29, 0.717) is 26.2 Å². The summed E-state index contributed by atoms with van der Waals surface area (Å²) in [6.07, 6.45) is 4.27. The number of halogens is 2. The van der Waals surface area contributed by atoms with Gasteiger partial charge < -0.3 is 15.1 Å². The highest BCUT2D eigenvalue weighted by Crippen LogP contribution is 2.30. The molecule has 2 aromatic rings. The molecule has 0 saturated carbocycles. The van der Waals surface area contributed by atoms with Crippen molar-refractivity contribution in [1.29, 1.82) is 0 Å². The summed E-state index contributed by atoms with van der Waals surface area (Å²) in [5.74, 6) is -0.705. The van der Waals surface area contributed by atoms with Gasteiger partial charge in [-0.2, -0.15) is 0 Å². The lowest BCUT2D eigenvalue weighted by atomic mass is 9.96. The lowest BCUT2D eigenvalue weighted by molar-refractivity contribution is -0.136. The molecule has 37 heavy (non-hydrogen) atoms. The molecule has 0 aromatic heterocycles. The van der Waals surface area contributed by atoms with Gasteiger partial charge in [-0.15, -0.1) is 0 Å². The molecule has 2 heterocycles. The van der Waals surface area contributed by atoms with Crippen molar-refractivity contribution < 1.29 is 18.4 Å². The maximum atomic E-state index is 13.6. The van der Waals surface area contributed by atoms with Gasteiger partial charge in [0.05, 0.1) is 6.04 Å². The molecule has 1 atom stereocenters. The molecule has 2 aromatic carbocycles. The van der Waals surface area contributed by atoms with E-state index in [1.807, 2.05) is 23.6 Å². The Morgan fingerprint density at radius 1 is 0.703 bits per heavy atom. The summed E-state index contributed by atoms with van der Waals surface area (Å²) in [6.45, 7) is 7.63. The van der Waals surface area contributed by atoms with Crippen molar-refractivity contribution in [3.05, 3.63) is 71.3 Å². The summed E-state index contributed by atoms with van der Waals surface area (Å²) < 4.78 is 27.2. The van der Waals surface area contributed by atoms with E-state index in [0.717, 1.165) is 49.9 Å². The molecule has 4 rings (SSSR count). The van der Waals surface area contributed by atoms with Crippen molar-refractivity contribution in [2.75, 3.05) is 39.3 Å². The highest BCUT2D eigenvalue weighted by atomic mass is 19.1. The number of piperazine rings is 1. The second kappa shape index (κ2) is 12.5. The molecule has 0 bridgehead atoms. The van der Waals surface area contributed by atoms with Crippen LogP contribution in [-0.4, -0.2) is 71.9 Å². The quantitative estimate of drug-likeness (QED) is 0.605. The number of benzene rings is 2. The zero-order valence-electron chi connectivity index (χ0n) is 21.8. The van der Waals surface area contributed by atoms with Gasteiger partial charge in [0, 0.05) is 39.3 Å². The molecule has 0 unspecified atom stereocenters. The van der Waals surface area contributed by atoms with Crippen LogP contribution in [-0.2, 0) is 4.79 Å². The van der Waals surface area contributed by atoms with Gasteiger partial charge in [0.2, 0.25) is 5.91 Å². The molecule has 2 aliphatic heterocycles. The average Bonchev–Trinajstić information content (AvgIpc) is 3.19. The summed E-state index contributed by atoms with van der Waals surface area (Å²) in [5, 5.41) is 3.02. The van der Waals surface area contributed by atoms with Crippen molar-refractivity contribution in [3.63, 3.8) is 0 Å². The number of nitrogens with zero attached hydrogens (tertiary/aromatic N) is 3. The third kappa shape index (κ3) is 6.86. The van der Waals surface area contributed by atoms with Crippen molar-refractivity contribution >= 4 is 11.9 Å². The molecule has 8 heteroatoms. The van der Waals surface area contributed by atoms with Gasteiger partial charge >= 0.3 is 6.03 Å². The van der Waals surface area contributed by atoms with E-state index in [1.54, 1.807) is 24.3 Å². The number of amides is 3. The Hall–Kier alpha value is -3.00. The summed E-state index contributed by atoms with van der Waals surface area (Å²) in [6, 6.07) is 11.9.